The predicted octanol–water partition coefficient (Wildman–Crippen LogP) is 2.86. The van der Waals surface area contributed by atoms with Gasteiger partial charge in [-0.2, -0.15) is 0 Å². The van der Waals surface area contributed by atoms with Gasteiger partial charge < -0.3 is 15.2 Å². The van der Waals surface area contributed by atoms with Gasteiger partial charge in [0, 0.05) is 17.6 Å². The molecule has 0 aromatic heterocycles. The van der Waals surface area contributed by atoms with Gasteiger partial charge >= 0.3 is 0 Å². The third-order valence-electron chi connectivity index (χ3n) is 2.84. The average Bonchev–Trinajstić information content (AvgIpc) is 2.28. The third-order valence-corrected chi connectivity index (χ3v) is 2.84. The first kappa shape index (κ1) is 15.9. The Morgan fingerprint density at radius 1 is 1.32 bits per heavy atom. The Kier molecular flexibility index (Phi) is 5.32. The summed E-state index contributed by atoms with van der Waals surface area (Å²) in [5.41, 5.74) is 0.696. The van der Waals surface area contributed by atoms with Gasteiger partial charge in [-0.15, -0.1) is 0 Å². The summed E-state index contributed by atoms with van der Waals surface area (Å²) in [4.78, 5) is 0. The molecule has 2 atom stereocenters. The molecule has 3 nitrogen and oxygen atoms in total. The number of halogens is 1. The molecule has 0 aliphatic rings. The largest absolute Gasteiger partial charge is 0.485 e. The zero-order chi connectivity index (χ0) is 14.6. The highest BCUT2D eigenvalue weighted by molar-refractivity contribution is 5.35. The van der Waals surface area contributed by atoms with Crippen molar-refractivity contribution in [2.24, 2.45) is 0 Å². The molecule has 1 aromatic carbocycles. The molecule has 0 bridgehead atoms. The van der Waals surface area contributed by atoms with Gasteiger partial charge in [0.05, 0.1) is 6.10 Å². The Balaban J connectivity index is 2.89. The van der Waals surface area contributed by atoms with Gasteiger partial charge in [0.15, 0.2) is 11.6 Å². The summed E-state index contributed by atoms with van der Waals surface area (Å²) in [6.07, 6.45) is -1.10. The highest BCUT2D eigenvalue weighted by Crippen LogP contribution is 2.25. The number of aliphatic hydroxyl groups excluding tert-OH is 1. The van der Waals surface area contributed by atoms with Gasteiger partial charge in [0.2, 0.25) is 0 Å². The molecule has 1 rings (SSSR count). The molecule has 0 heterocycles. The normalized spacial score (nSPS) is 15.1. The minimum absolute atomic E-state index is 0.0561. The maximum atomic E-state index is 13.9. The number of aliphatic hydroxyl groups is 1. The zero-order valence-electron chi connectivity index (χ0n) is 12.3. The van der Waals surface area contributed by atoms with Crippen molar-refractivity contribution in [2.75, 3.05) is 0 Å². The average molecular weight is 269 g/mol. The quantitative estimate of drug-likeness (QED) is 0.863. The van der Waals surface area contributed by atoms with E-state index in [1.165, 1.54) is 6.07 Å². The van der Waals surface area contributed by atoms with Crippen LogP contribution in [-0.4, -0.2) is 22.9 Å². The molecular weight excluding hydrogens is 245 g/mol. The van der Waals surface area contributed by atoms with E-state index in [9.17, 15) is 9.50 Å². The summed E-state index contributed by atoms with van der Waals surface area (Å²) >= 11 is 0. The van der Waals surface area contributed by atoms with Gasteiger partial charge in [0.1, 0.15) is 6.10 Å². The first-order valence-electron chi connectivity index (χ1n) is 6.58. The molecule has 0 saturated carbocycles. The van der Waals surface area contributed by atoms with E-state index in [1.54, 1.807) is 19.9 Å². The fourth-order valence-corrected chi connectivity index (χ4v) is 1.47. The van der Waals surface area contributed by atoms with Crippen LogP contribution in [0.2, 0.25) is 0 Å². The van der Waals surface area contributed by atoms with E-state index < -0.39 is 18.0 Å². The maximum Gasteiger partial charge on any atom is 0.165 e. The van der Waals surface area contributed by atoms with E-state index in [0.717, 1.165) is 5.56 Å². The van der Waals surface area contributed by atoms with Crippen LogP contribution in [0, 0.1) is 5.82 Å². The molecular formula is C15H24FNO2. The summed E-state index contributed by atoms with van der Waals surface area (Å²) in [6.45, 7) is 10.0. The second-order valence-electron chi connectivity index (χ2n) is 5.90. The second-order valence-corrected chi connectivity index (χ2v) is 5.90. The molecule has 0 radical (unpaired) electrons. The Hall–Kier alpha value is -1.13. The lowest BCUT2D eigenvalue weighted by atomic mass is 10.1. The fourth-order valence-electron chi connectivity index (χ4n) is 1.47. The minimum Gasteiger partial charge on any atom is -0.485 e. The van der Waals surface area contributed by atoms with Crippen molar-refractivity contribution < 1.29 is 14.2 Å². The molecule has 2 unspecified atom stereocenters. The van der Waals surface area contributed by atoms with Gasteiger partial charge in [-0.1, -0.05) is 12.1 Å². The predicted molar refractivity (Wildman–Crippen MR) is 74.8 cm³/mol. The molecule has 19 heavy (non-hydrogen) atoms. The first-order valence-corrected chi connectivity index (χ1v) is 6.58. The summed E-state index contributed by atoms with van der Waals surface area (Å²) in [5, 5.41) is 12.8. The van der Waals surface area contributed by atoms with E-state index in [4.69, 9.17) is 4.74 Å². The van der Waals surface area contributed by atoms with Gasteiger partial charge in [-0.3, -0.25) is 0 Å². The topological polar surface area (TPSA) is 41.5 Å². The van der Waals surface area contributed by atoms with Crippen LogP contribution in [0.1, 0.15) is 40.2 Å². The monoisotopic (exact) mass is 269 g/mol. The lowest BCUT2D eigenvalue weighted by Gasteiger charge is -2.23. The molecule has 2 N–H and O–H groups in total. The van der Waals surface area contributed by atoms with E-state index in [-0.39, 0.29) is 11.3 Å². The zero-order valence-corrected chi connectivity index (χ0v) is 12.3. The van der Waals surface area contributed by atoms with Crippen LogP contribution in [0.5, 0.6) is 5.75 Å². The fraction of sp³-hybridized carbons (Fsp3) is 0.600. The van der Waals surface area contributed by atoms with E-state index >= 15 is 0 Å². The number of ether oxygens (including phenoxy) is 1. The Morgan fingerprint density at radius 3 is 2.47 bits per heavy atom. The van der Waals surface area contributed by atoms with E-state index in [1.807, 2.05) is 26.8 Å². The molecule has 0 amide bonds. The lowest BCUT2D eigenvalue weighted by molar-refractivity contribution is 0.0571. The van der Waals surface area contributed by atoms with Crippen LogP contribution in [0.15, 0.2) is 18.2 Å². The van der Waals surface area contributed by atoms with Gasteiger partial charge in [-0.05, 0) is 40.7 Å². The summed E-state index contributed by atoms with van der Waals surface area (Å²) in [7, 11) is 0. The standard InChI is InChI=1S/C15H24FNO2/c1-10(18)11(2)19-14-12(7-6-8-13(14)16)9-17-15(3,4)5/h6-8,10-11,17-18H,9H2,1-5H3. The van der Waals surface area contributed by atoms with Crippen LogP contribution in [0.4, 0.5) is 4.39 Å². The van der Waals surface area contributed by atoms with Crippen molar-refractivity contribution in [3.63, 3.8) is 0 Å². The SMILES string of the molecule is CC(O)C(C)Oc1c(F)cccc1CNC(C)(C)C. The second kappa shape index (κ2) is 6.35. The maximum absolute atomic E-state index is 13.9. The lowest BCUT2D eigenvalue weighted by Crippen LogP contribution is -2.35. The number of rotatable bonds is 5. The van der Waals surface area contributed by atoms with Crippen molar-refractivity contribution >= 4 is 0 Å². The highest BCUT2D eigenvalue weighted by Gasteiger charge is 2.17. The molecule has 0 fully saturated rings. The van der Waals surface area contributed by atoms with Crippen LogP contribution < -0.4 is 10.1 Å². The van der Waals surface area contributed by atoms with Crippen molar-refractivity contribution in [3.8, 4) is 5.75 Å². The van der Waals surface area contributed by atoms with Crippen molar-refractivity contribution in [3.05, 3.63) is 29.6 Å². The number of nitrogens with one attached hydrogen (secondary N) is 1. The molecule has 1 aromatic rings. The van der Waals surface area contributed by atoms with Crippen molar-refractivity contribution in [1.82, 2.24) is 5.32 Å². The summed E-state index contributed by atoms with van der Waals surface area (Å²) in [5.74, 6) is -0.187. The molecule has 0 saturated heterocycles. The molecule has 108 valence electrons. The van der Waals surface area contributed by atoms with Crippen LogP contribution in [0.3, 0.4) is 0 Å². The number of hydrogen-bond donors (Lipinski definition) is 2. The number of hydrogen-bond acceptors (Lipinski definition) is 3. The van der Waals surface area contributed by atoms with E-state index in [2.05, 4.69) is 5.32 Å². The highest BCUT2D eigenvalue weighted by atomic mass is 19.1. The van der Waals surface area contributed by atoms with Crippen LogP contribution in [0.25, 0.3) is 0 Å². The van der Waals surface area contributed by atoms with Crippen molar-refractivity contribution in [1.29, 1.82) is 0 Å². The number of para-hydroxylation sites is 1. The van der Waals surface area contributed by atoms with Crippen LogP contribution in [-0.2, 0) is 6.54 Å². The molecule has 4 heteroatoms. The number of benzene rings is 1. The Bertz CT molecular complexity index is 413. The smallest absolute Gasteiger partial charge is 0.165 e. The Labute approximate surface area is 114 Å². The third kappa shape index (κ3) is 5.17. The van der Waals surface area contributed by atoms with Crippen molar-refractivity contribution in [2.45, 2.75) is 58.9 Å². The Morgan fingerprint density at radius 2 is 1.95 bits per heavy atom. The van der Waals surface area contributed by atoms with Gasteiger partial charge in [-0.25, -0.2) is 4.39 Å². The van der Waals surface area contributed by atoms with Crippen LogP contribution >= 0.6 is 0 Å². The van der Waals surface area contributed by atoms with E-state index in [0.29, 0.717) is 6.54 Å². The summed E-state index contributed by atoms with van der Waals surface area (Å²) < 4.78 is 19.4. The summed E-state index contributed by atoms with van der Waals surface area (Å²) in [6, 6.07) is 4.85. The molecule has 0 aliphatic carbocycles. The first-order chi connectivity index (χ1) is 8.70. The molecule has 0 aliphatic heterocycles. The molecule has 0 spiro atoms. The minimum atomic E-state index is -0.650. The van der Waals surface area contributed by atoms with Gasteiger partial charge in [0.25, 0.3) is 0 Å².